The maximum Gasteiger partial charge on any atom is 0.244 e. The van der Waals surface area contributed by atoms with Crippen LogP contribution in [0.4, 0.5) is 4.39 Å². The van der Waals surface area contributed by atoms with Crippen molar-refractivity contribution < 1.29 is 26.0 Å². The molecule has 0 unspecified atom stereocenters. The lowest BCUT2D eigenvalue weighted by molar-refractivity contribution is 0.400. The molecule has 2 aromatic carbocycles. The summed E-state index contributed by atoms with van der Waals surface area (Å²) in [5.74, 6) is -0.795. The molecule has 10 heteroatoms. The highest BCUT2D eigenvalue weighted by Crippen LogP contribution is 2.32. The summed E-state index contributed by atoms with van der Waals surface area (Å²) >= 11 is 1.21. The van der Waals surface area contributed by atoms with Crippen LogP contribution in [0.15, 0.2) is 69.8 Å². The molecule has 0 saturated heterocycles. The summed E-state index contributed by atoms with van der Waals surface area (Å²) in [7, 11) is -6.86. The maximum absolute atomic E-state index is 13.6. The fourth-order valence-corrected chi connectivity index (χ4v) is 6.97. The number of sulfone groups is 1. The zero-order valence-corrected chi connectivity index (χ0v) is 18.7. The average Bonchev–Trinajstić information content (AvgIpc) is 3.22. The Bertz CT molecular complexity index is 1220. The minimum absolute atomic E-state index is 0.0436. The molecule has 0 bridgehead atoms. The zero-order chi connectivity index (χ0) is 21.9. The van der Waals surface area contributed by atoms with Gasteiger partial charge in [0.2, 0.25) is 10.0 Å². The summed E-state index contributed by atoms with van der Waals surface area (Å²) in [6.07, 6.45) is 0. The highest BCUT2D eigenvalue weighted by Gasteiger charge is 2.32. The molecule has 3 rings (SSSR count). The number of benzene rings is 2. The van der Waals surface area contributed by atoms with Crippen molar-refractivity contribution in [2.45, 2.75) is 22.0 Å². The minimum Gasteiger partial charge on any atom is -0.495 e. The zero-order valence-electron chi connectivity index (χ0n) is 16.2. The third-order valence-electron chi connectivity index (χ3n) is 4.46. The summed E-state index contributed by atoms with van der Waals surface area (Å²) in [5, 5.41) is 0.575. The molecule has 0 aliphatic rings. The molecule has 1 heterocycles. The van der Waals surface area contributed by atoms with Gasteiger partial charge in [-0.15, -0.1) is 11.3 Å². The molecule has 0 spiro atoms. The molecule has 3 aromatic rings. The molecule has 1 aromatic heterocycles. The van der Waals surface area contributed by atoms with Crippen LogP contribution in [0, 0.1) is 12.7 Å². The Kier molecular flexibility index (Phi) is 6.61. The van der Waals surface area contributed by atoms with Gasteiger partial charge in [0.15, 0.2) is 9.84 Å². The Labute approximate surface area is 179 Å². The molecule has 160 valence electrons. The van der Waals surface area contributed by atoms with E-state index >= 15 is 0 Å². The Morgan fingerprint density at radius 1 is 1.07 bits per heavy atom. The van der Waals surface area contributed by atoms with Gasteiger partial charge in [0.1, 0.15) is 21.7 Å². The van der Waals surface area contributed by atoms with Gasteiger partial charge < -0.3 is 4.74 Å². The molecule has 0 aliphatic heterocycles. The van der Waals surface area contributed by atoms with Gasteiger partial charge in [0.25, 0.3) is 0 Å². The van der Waals surface area contributed by atoms with E-state index in [1.54, 1.807) is 29.6 Å². The Morgan fingerprint density at radius 3 is 2.37 bits per heavy atom. The van der Waals surface area contributed by atoms with Crippen molar-refractivity contribution in [1.29, 1.82) is 0 Å². The predicted molar refractivity (Wildman–Crippen MR) is 114 cm³/mol. The number of hydrogen-bond acceptors (Lipinski definition) is 6. The Morgan fingerprint density at radius 2 is 1.77 bits per heavy atom. The number of rotatable bonds is 8. The van der Waals surface area contributed by atoms with Crippen LogP contribution in [0.3, 0.4) is 0 Å². The van der Waals surface area contributed by atoms with Crippen LogP contribution in [0.25, 0.3) is 0 Å². The third kappa shape index (κ3) is 4.72. The van der Waals surface area contributed by atoms with Crippen molar-refractivity contribution in [3.8, 4) is 5.75 Å². The molecule has 1 atom stereocenters. The number of sulfonamides is 1. The number of aryl methyl sites for hydroxylation is 1. The van der Waals surface area contributed by atoms with Gasteiger partial charge in [-0.3, -0.25) is 0 Å². The summed E-state index contributed by atoms with van der Waals surface area (Å²) in [5.41, 5.74) is 0.903. The summed E-state index contributed by atoms with van der Waals surface area (Å²) in [6, 6.07) is 12.8. The van der Waals surface area contributed by atoms with Crippen LogP contribution in [0.1, 0.15) is 15.7 Å². The van der Waals surface area contributed by atoms with Crippen molar-refractivity contribution in [3.05, 3.63) is 76.2 Å². The molecule has 30 heavy (non-hydrogen) atoms. The van der Waals surface area contributed by atoms with Gasteiger partial charge in [0.05, 0.1) is 12.0 Å². The van der Waals surface area contributed by atoms with E-state index in [9.17, 15) is 21.2 Å². The summed E-state index contributed by atoms with van der Waals surface area (Å²) in [6.45, 7) is 1.42. The van der Waals surface area contributed by atoms with E-state index in [1.165, 1.54) is 36.6 Å². The van der Waals surface area contributed by atoms with Gasteiger partial charge in [-0.25, -0.2) is 25.9 Å². The normalized spacial score (nSPS) is 13.2. The standard InChI is InChI=1S/C20H20FNO5S3/c1-14-5-8-16(9-6-14)29(23,24)20(18-4-3-11-28-18)13-22-30(25,26)19-12-15(21)7-10-17(19)27-2/h3-12,20,22H,13H2,1-2H3/t20-/m1/s1. The fraction of sp³-hybridized carbons (Fsp3) is 0.200. The lowest BCUT2D eigenvalue weighted by Crippen LogP contribution is -2.32. The van der Waals surface area contributed by atoms with Crippen LogP contribution < -0.4 is 9.46 Å². The first-order chi connectivity index (χ1) is 14.1. The van der Waals surface area contributed by atoms with Crippen LogP contribution in [0.5, 0.6) is 5.75 Å². The first kappa shape index (κ1) is 22.4. The van der Waals surface area contributed by atoms with E-state index < -0.39 is 42.4 Å². The Hall–Kier alpha value is -2.27. The maximum atomic E-state index is 13.6. The SMILES string of the molecule is COc1ccc(F)cc1S(=O)(=O)NC[C@H](c1cccs1)S(=O)(=O)c1ccc(C)cc1. The number of halogens is 1. The topological polar surface area (TPSA) is 89.5 Å². The van der Waals surface area contributed by atoms with Crippen LogP contribution in [-0.4, -0.2) is 30.5 Å². The molecular weight excluding hydrogens is 449 g/mol. The highest BCUT2D eigenvalue weighted by molar-refractivity contribution is 7.92. The van der Waals surface area contributed by atoms with E-state index in [0.29, 0.717) is 4.88 Å². The molecule has 0 amide bonds. The van der Waals surface area contributed by atoms with E-state index in [2.05, 4.69) is 4.72 Å². The number of thiophene rings is 1. The van der Waals surface area contributed by atoms with Crippen molar-refractivity contribution in [2.75, 3.05) is 13.7 Å². The smallest absolute Gasteiger partial charge is 0.244 e. The number of nitrogens with one attached hydrogen (secondary N) is 1. The molecule has 0 aliphatic carbocycles. The molecule has 6 nitrogen and oxygen atoms in total. The quantitative estimate of drug-likeness (QED) is 0.543. The lowest BCUT2D eigenvalue weighted by Gasteiger charge is -2.18. The number of hydrogen-bond donors (Lipinski definition) is 1. The molecule has 1 N–H and O–H groups in total. The summed E-state index contributed by atoms with van der Waals surface area (Å²) < 4.78 is 73.1. The largest absolute Gasteiger partial charge is 0.495 e. The second-order valence-electron chi connectivity index (χ2n) is 6.51. The van der Waals surface area contributed by atoms with E-state index in [0.717, 1.165) is 17.7 Å². The van der Waals surface area contributed by atoms with Gasteiger partial charge in [0, 0.05) is 11.4 Å². The summed E-state index contributed by atoms with van der Waals surface area (Å²) in [4.78, 5) is 0.182. The highest BCUT2D eigenvalue weighted by atomic mass is 32.2. The fourth-order valence-electron chi connectivity index (χ4n) is 2.85. The van der Waals surface area contributed by atoms with Crippen LogP contribution in [0.2, 0.25) is 0 Å². The third-order valence-corrected chi connectivity index (χ3v) is 9.14. The van der Waals surface area contributed by atoms with Crippen LogP contribution in [-0.2, 0) is 19.9 Å². The number of methoxy groups -OCH3 is 1. The van der Waals surface area contributed by atoms with Crippen molar-refractivity contribution in [1.82, 2.24) is 4.72 Å². The Balaban J connectivity index is 1.96. The number of ether oxygens (including phenoxy) is 1. The van der Waals surface area contributed by atoms with Gasteiger partial charge in [-0.2, -0.15) is 0 Å². The molecule has 0 radical (unpaired) electrons. The molecular formula is C20H20FNO5S3. The van der Waals surface area contributed by atoms with Gasteiger partial charge >= 0.3 is 0 Å². The molecule has 0 saturated carbocycles. The average molecular weight is 470 g/mol. The monoisotopic (exact) mass is 469 g/mol. The second-order valence-corrected chi connectivity index (χ2v) is 11.4. The van der Waals surface area contributed by atoms with Gasteiger partial charge in [-0.1, -0.05) is 23.8 Å². The van der Waals surface area contributed by atoms with E-state index in [4.69, 9.17) is 4.74 Å². The van der Waals surface area contributed by atoms with Crippen molar-refractivity contribution in [2.24, 2.45) is 0 Å². The van der Waals surface area contributed by atoms with Crippen LogP contribution >= 0.6 is 11.3 Å². The first-order valence-electron chi connectivity index (χ1n) is 8.82. The van der Waals surface area contributed by atoms with Crippen molar-refractivity contribution >= 4 is 31.2 Å². The lowest BCUT2D eigenvalue weighted by atomic mass is 10.2. The first-order valence-corrected chi connectivity index (χ1v) is 12.7. The molecule has 0 fully saturated rings. The van der Waals surface area contributed by atoms with E-state index in [1.807, 2.05) is 6.92 Å². The van der Waals surface area contributed by atoms with Gasteiger partial charge in [-0.05, 0) is 48.7 Å². The minimum atomic E-state index is -4.24. The second kappa shape index (κ2) is 8.84. The predicted octanol–water partition coefficient (Wildman–Crippen LogP) is 3.70. The van der Waals surface area contributed by atoms with E-state index in [-0.39, 0.29) is 10.6 Å². The van der Waals surface area contributed by atoms with Crippen molar-refractivity contribution in [3.63, 3.8) is 0 Å².